The fourth-order valence-corrected chi connectivity index (χ4v) is 2.71. The molecular weight excluding hydrogens is 458 g/mol. The number of aromatic nitrogens is 2. The van der Waals surface area contributed by atoms with Crippen molar-refractivity contribution in [2.45, 2.75) is 56.5 Å². The van der Waals surface area contributed by atoms with Crippen LogP contribution in [0.25, 0.3) is 0 Å². The Bertz CT molecular complexity index is 904. The van der Waals surface area contributed by atoms with Gasteiger partial charge in [0.15, 0.2) is 0 Å². The number of imidazole rings is 1. The van der Waals surface area contributed by atoms with Crippen LogP contribution in [-0.2, 0) is 35.2 Å². The Kier molecular flexibility index (Phi) is 10.6. The van der Waals surface area contributed by atoms with Crippen LogP contribution in [0.15, 0.2) is 12.5 Å². The number of primary amides is 1. The third-order valence-electron chi connectivity index (χ3n) is 4.43. The molecule has 0 aliphatic carbocycles. The normalized spacial score (nSPS) is 15.1. The highest BCUT2D eigenvalue weighted by molar-refractivity contribution is 5.95. The average molecular weight is 485 g/mol. The van der Waals surface area contributed by atoms with Gasteiger partial charge in [-0.2, -0.15) is 0 Å². The summed E-state index contributed by atoms with van der Waals surface area (Å²) in [5, 5.41) is 34.3. The molecule has 0 bridgehead atoms. The third kappa shape index (κ3) is 9.21. The number of nitrogens with zero attached hydrogens (tertiary/aromatic N) is 1. The number of carbonyl (C=O) groups excluding carboxylic acids is 4. The van der Waals surface area contributed by atoms with Crippen molar-refractivity contribution >= 4 is 35.6 Å². The Morgan fingerprint density at radius 3 is 2.09 bits per heavy atom. The molecule has 11 N–H and O–H groups in total. The molecule has 0 aliphatic rings. The number of aliphatic hydroxyl groups excluding tert-OH is 1. The van der Waals surface area contributed by atoms with E-state index in [9.17, 15) is 33.9 Å². The van der Waals surface area contributed by atoms with E-state index in [0.29, 0.717) is 5.69 Å². The Balaban J connectivity index is 3.03. The number of hydrogen-bond acceptors (Lipinski definition) is 9. The van der Waals surface area contributed by atoms with E-state index in [4.69, 9.17) is 21.7 Å². The molecule has 34 heavy (non-hydrogen) atoms. The summed E-state index contributed by atoms with van der Waals surface area (Å²) in [6.07, 6.45) is -0.472. The number of carboxylic acid groups (broad SMARTS) is 2. The minimum Gasteiger partial charge on any atom is -0.481 e. The molecule has 0 saturated heterocycles. The summed E-state index contributed by atoms with van der Waals surface area (Å²) in [5.74, 6) is -7.03. The second kappa shape index (κ2) is 12.9. The van der Waals surface area contributed by atoms with E-state index in [0.717, 1.165) is 6.92 Å². The lowest BCUT2D eigenvalue weighted by Gasteiger charge is -2.26. The maximum atomic E-state index is 12.9. The molecule has 1 aromatic rings. The average Bonchev–Trinajstić information content (AvgIpc) is 3.22. The van der Waals surface area contributed by atoms with Crippen LogP contribution in [0.2, 0.25) is 0 Å². The molecule has 5 atom stereocenters. The number of carbonyl (C=O) groups is 6. The van der Waals surface area contributed by atoms with Crippen molar-refractivity contribution < 1.29 is 44.1 Å². The molecule has 0 aliphatic heterocycles. The van der Waals surface area contributed by atoms with Gasteiger partial charge in [0.1, 0.15) is 18.1 Å². The molecule has 4 amide bonds. The van der Waals surface area contributed by atoms with Gasteiger partial charge in [-0.15, -0.1) is 0 Å². The second-order valence-corrected chi connectivity index (χ2v) is 7.34. The molecule has 16 nitrogen and oxygen atoms in total. The smallest absolute Gasteiger partial charge is 0.326 e. The number of aromatic amines is 1. The summed E-state index contributed by atoms with van der Waals surface area (Å²) in [6.45, 7) is 1.13. The topological polar surface area (TPSA) is 280 Å². The van der Waals surface area contributed by atoms with Crippen molar-refractivity contribution in [3.05, 3.63) is 18.2 Å². The van der Waals surface area contributed by atoms with Gasteiger partial charge in [-0.05, 0) is 6.92 Å². The van der Waals surface area contributed by atoms with Crippen LogP contribution >= 0.6 is 0 Å². The molecular formula is C18H27N7O9. The van der Waals surface area contributed by atoms with Crippen molar-refractivity contribution in [1.82, 2.24) is 25.9 Å². The van der Waals surface area contributed by atoms with Crippen molar-refractivity contribution in [2.24, 2.45) is 11.5 Å². The monoisotopic (exact) mass is 485 g/mol. The number of carboxylic acids is 2. The summed E-state index contributed by atoms with van der Waals surface area (Å²) < 4.78 is 0. The zero-order valence-electron chi connectivity index (χ0n) is 18.1. The summed E-state index contributed by atoms with van der Waals surface area (Å²) in [6, 6.07) is -6.26. The summed E-state index contributed by atoms with van der Waals surface area (Å²) >= 11 is 0. The fraction of sp³-hybridized carbons (Fsp3) is 0.500. The van der Waals surface area contributed by atoms with E-state index in [1.165, 1.54) is 12.5 Å². The third-order valence-corrected chi connectivity index (χ3v) is 4.43. The minimum absolute atomic E-state index is 0.161. The van der Waals surface area contributed by atoms with Gasteiger partial charge in [-0.1, -0.05) is 0 Å². The molecule has 1 heterocycles. The summed E-state index contributed by atoms with van der Waals surface area (Å²) in [4.78, 5) is 77.2. The van der Waals surface area contributed by atoms with Crippen LogP contribution in [0.5, 0.6) is 0 Å². The SMILES string of the molecule is CC(O)C(NC(=O)C(Cc1cnc[nH]1)NC(=O)C(N)CC(N)=O)C(=O)NC(CC(=O)O)C(=O)O. The highest BCUT2D eigenvalue weighted by atomic mass is 16.4. The van der Waals surface area contributed by atoms with Crippen molar-refractivity contribution in [1.29, 1.82) is 0 Å². The zero-order valence-corrected chi connectivity index (χ0v) is 18.1. The van der Waals surface area contributed by atoms with Gasteiger partial charge in [-0.25, -0.2) is 9.78 Å². The van der Waals surface area contributed by atoms with Gasteiger partial charge < -0.3 is 47.7 Å². The van der Waals surface area contributed by atoms with Crippen molar-refractivity contribution in [3.63, 3.8) is 0 Å². The van der Waals surface area contributed by atoms with Gasteiger partial charge in [0, 0.05) is 18.3 Å². The highest BCUT2D eigenvalue weighted by Crippen LogP contribution is 2.04. The molecule has 5 unspecified atom stereocenters. The van der Waals surface area contributed by atoms with Crippen molar-refractivity contribution in [2.75, 3.05) is 0 Å². The molecule has 0 radical (unpaired) electrons. The van der Waals surface area contributed by atoms with Crippen molar-refractivity contribution in [3.8, 4) is 0 Å². The lowest BCUT2D eigenvalue weighted by molar-refractivity contribution is -0.148. The predicted octanol–water partition coefficient (Wildman–Crippen LogP) is -4.45. The van der Waals surface area contributed by atoms with Crippen LogP contribution in [0.1, 0.15) is 25.5 Å². The largest absolute Gasteiger partial charge is 0.481 e. The predicted molar refractivity (Wildman–Crippen MR) is 111 cm³/mol. The summed E-state index contributed by atoms with van der Waals surface area (Å²) in [7, 11) is 0. The molecule has 1 aromatic heterocycles. The fourth-order valence-electron chi connectivity index (χ4n) is 2.71. The van der Waals surface area contributed by atoms with Crippen LogP contribution in [0.3, 0.4) is 0 Å². The number of H-pyrrole nitrogens is 1. The van der Waals surface area contributed by atoms with E-state index in [1.807, 2.05) is 5.32 Å². The molecule has 1 rings (SSSR count). The van der Waals surface area contributed by atoms with Gasteiger partial charge >= 0.3 is 11.9 Å². The van der Waals surface area contributed by atoms with E-state index in [-0.39, 0.29) is 6.42 Å². The number of aliphatic hydroxyl groups is 1. The number of aliphatic carboxylic acids is 2. The van der Waals surface area contributed by atoms with E-state index < -0.39 is 78.7 Å². The van der Waals surface area contributed by atoms with Crippen LogP contribution in [0, 0.1) is 0 Å². The van der Waals surface area contributed by atoms with Gasteiger partial charge in [0.05, 0.1) is 31.3 Å². The second-order valence-electron chi connectivity index (χ2n) is 7.34. The highest BCUT2D eigenvalue weighted by Gasteiger charge is 2.33. The first-order chi connectivity index (χ1) is 15.8. The maximum Gasteiger partial charge on any atom is 0.326 e. The number of nitrogens with two attached hydrogens (primary N) is 2. The standard InChI is InChI=1S/C18H27N7O9/c1-7(26)14(17(32)24-11(18(33)34)4-13(28)29)25-16(31)10(2-8-5-21-6-22-8)23-15(30)9(19)3-12(20)27/h5-7,9-11,14,26H,2-4,19H2,1H3,(H2,20,27)(H,21,22)(H,23,30)(H,24,32)(H,25,31)(H,28,29)(H,33,34). The quantitative estimate of drug-likeness (QED) is 0.121. The maximum absolute atomic E-state index is 12.9. The lowest BCUT2D eigenvalue weighted by Crippen LogP contribution is -2.60. The Morgan fingerprint density at radius 1 is 1.00 bits per heavy atom. The minimum atomic E-state index is -1.82. The molecule has 16 heteroatoms. The van der Waals surface area contributed by atoms with E-state index >= 15 is 0 Å². The number of amides is 4. The van der Waals surface area contributed by atoms with Gasteiger partial charge in [0.2, 0.25) is 23.6 Å². The number of rotatable bonds is 14. The number of hydrogen-bond donors (Lipinski definition) is 9. The van der Waals surface area contributed by atoms with Crippen LogP contribution in [-0.4, -0.2) is 91.1 Å². The number of nitrogens with one attached hydrogen (secondary N) is 4. The molecule has 0 fully saturated rings. The first kappa shape index (κ1) is 28.0. The first-order valence-electron chi connectivity index (χ1n) is 9.86. The Morgan fingerprint density at radius 2 is 1.62 bits per heavy atom. The lowest BCUT2D eigenvalue weighted by atomic mass is 10.1. The van der Waals surface area contributed by atoms with E-state index in [2.05, 4.69) is 20.6 Å². The molecule has 0 aromatic carbocycles. The van der Waals surface area contributed by atoms with Crippen LogP contribution in [0.4, 0.5) is 0 Å². The summed E-state index contributed by atoms with van der Waals surface area (Å²) in [5.41, 5.74) is 11.0. The van der Waals surface area contributed by atoms with E-state index in [1.54, 1.807) is 0 Å². The molecule has 0 saturated carbocycles. The van der Waals surface area contributed by atoms with Gasteiger partial charge in [0.25, 0.3) is 0 Å². The zero-order chi connectivity index (χ0) is 26.0. The Labute approximate surface area is 192 Å². The first-order valence-corrected chi connectivity index (χ1v) is 9.86. The van der Waals surface area contributed by atoms with Crippen LogP contribution < -0.4 is 27.4 Å². The Hall–Kier alpha value is -4.05. The van der Waals surface area contributed by atoms with Gasteiger partial charge in [-0.3, -0.25) is 24.0 Å². The molecule has 188 valence electrons. The molecule has 0 spiro atoms.